The lowest BCUT2D eigenvalue weighted by atomic mass is 9.85. The van der Waals surface area contributed by atoms with E-state index in [0.29, 0.717) is 31.0 Å². The highest BCUT2D eigenvalue weighted by Crippen LogP contribution is 2.52. The zero-order valence-electron chi connectivity index (χ0n) is 16.8. The summed E-state index contributed by atoms with van der Waals surface area (Å²) in [6, 6.07) is 6.54. The van der Waals surface area contributed by atoms with Gasteiger partial charge in [0.15, 0.2) is 5.96 Å². The van der Waals surface area contributed by atoms with E-state index in [1.807, 2.05) is 0 Å². The van der Waals surface area contributed by atoms with Crippen LogP contribution in [0, 0.1) is 33.8 Å². The standard InChI is InChI=1S/C21H25N5O4/c1-22-21(24-12-15-5-2-3-6-16(15)26(29)30)23-9-4-10-25-19(27)17-13-7-8-14(11-13)18(17)20(25)28/h2-3,5-8,13-14,17-18H,4,9-12H2,1H3,(H2,22,23,24). The normalized spacial score (nSPS) is 27.0. The van der Waals surface area contributed by atoms with Crippen molar-refractivity contribution in [3.63, 3.8) is 0 Å². The Morgan fingerprint density at radius 1 is 1.17 bits per heavy atom. The molecule has 30 heavy (non-hydrogen) atoms. The van der Waals surface area contributed by atoms with Crippen molar-refractivity contribution < 1.29 is 14.5 Å². The number of carbonyl (C=O) groups is 2. The number of nitro groups is 1. The number of hydrogen-bond donors (Lipinski definition) is 2. The molecule has 1 aromatic rings. The molecule has 0 aromatic heterocycles. The summed E-state index contributed by atoms with van der Waals surface area (Å²) in [6.45, 7) is 1.17. The topological polar surface area (TPSA) is 117 Å². The molecular formula is C21H25N5O4. The van der Waals surface area contributed by atoms with Gasteiger partial charge in [-0.05, 0) is 24.7 Å². The van der Waals surface area contributed by atoms with Crippen molar-refractivity contribution in [1.82, 2.24) is 15.5 Å². The van der Waals surface area contributed by atoms with Crippen LogP contribution in [0.3, 0.4) is 0 Å². The third-order valence-electron chi connectivity index (χ3n) is 6.27. The molecule has 2 N–H and O–H groups in total. The van der Waals surface area contributed by atoms with Gasteiger partial charge < -0.3 is 10.6 Å². The van der Waals surface area contributed by atoms with Crippen LogP contribution in [0.25, 0.3) is 0 Å². The number of likely N-dealkylation sites (tertiary alicyclic amines) is 1. The van der Waals surface area contributed by atoms with Crippen LogP contribution in [0.5, 0.6) is 0 Å². The number of nitrogens with zero attached hydrogens (tertiary/aromatic N) is 3. The summed E-state index contributed by atoms with van der Waals surface area (Å²) in [5, 5.41) is 17.3. The number of allylic oxidation sites excluding steroid dienone is 2. The number of imide groups is 1. The highest BCUT2D eigenvalue weighted by molar-refractivity contribution is 6.06. The number of fused-ring (bicyclic) bond motifs is 5. The monoisotopic (exact) mass is 411 g/mol. The number of nitro benzene ring substituents is 1. The second-order valence-electron chi connectivity index (χ2n) is 7.92. The van der Waals surface area contributed by atoms with Gasteiger partial charge in [0.05, 0.1) is 16.8 Å². The van der Waals surface area contributed by atoms with E-state index in [1.54, 1.807) is 25.2 Å². The summed E-state index contributed by atoms with van der Waals surface area (Å²) >= 11 is 0. The van der Waals surface area contributed by atoms with Crippen LogP contribution in [-0.4, -0.2) is 47.7 Å². The number of carbonyl (C=O) groups excluding carboxylic acids is 2. The van der Waals surface area contributed by atoms with Gasteiger partial charge >= 0.3 is 0 Å². The van der Waals surface area contributed by atoms with Gasteiger partial charge in [0.1, 0.15) is 0 Å². The summed E-state index contributed by atoms with van der Waals surface area (Å²) in [7, 11) is 1.62. The Labute approximate surface area is 174 Å². The number of amides is 2. The number of benzene rings is 1. The fourth-order valence-corrected chi connectivity index (χ4v) is 4.87. The van der Waals surface area contributed by atoms with Crippen molar-refractivity contribution in [2.24, 2.45) is 28.7 Å². The fourth-order valence-electron chi connectivity index (χ4n) is 4.87. The summed E-state index contributed by atoms with van der Waals surface area (Å²) in [6.07, 6.45) is 5.72. The average molecular weight is 411 g/mol. The largest absolute Gasteiger partial charge is 0.356 e. The van der Waals surface area contributed by atoms with Crippen LogP contribution in [0.1, 0.15) is 18.4 Å². The minimum absolute atomic E-state index is 0.0271. The van der Waals surface area contributed by atoms with Crippen LogP contribution < -0.4 is 10.6 Å². The van der Waals surface area contributed by atoms with E-state index in [0.717, 1.165) is 6.42 Å². The third kappa shape index (κ3) is 3.55. The van der Waals surface area contributed by atoms with E-state index in [-0.39, 0.29) is 47.7 Å². The molecule has 0 spiro atoms. The lowest BCUT2D eigenvalue weighted by Gasteiger charge is -2.18. The fraction of sp³-hybridized carbons (Fsp3) is 0.476. The van der Waals surface area contributed by atoms with Crippen LogP contribution in [-0.2, 0) is 16.1 Å². The first-order valence-corrected chi connectivity index (χ1v) is 10.2. The molecule has 9 heteroatoms. The lowest BCUT2D eigenvalue weighted by molar-refractivity contribution is -0.385. The SMILES string of the molecule is CN=C(NCCCN1C(=O)C2C3C=CC(C3)C2C1=O)NCc1ccccc1[N+](=O)[O-]. The second kappa shape index (κ2) is 8.25. The first kappa shape index (κ1) is 20.1. The van der Waals surface area contributed by atoms with Gasteiger partial charge in [0.2, 0.25) is 11.8 Å². The summed E-state index contributed by atoms with van der Waals surface area (Å²) < 4.78 is 0. The maximum Gasteiger partial charge on any atom is 0.274 e. The number of guanidine groups is 1. The molecule has 1 saturated heterocycles. The molecule has 4 unspecified atom stereocenters. The van der Waals surface area contributed by atoms with E-state index in [9.17, 15) is 19.7 Å². The van der Waals surface area contributed by atoms with E-state index in [4.69, 9.17) is 0 Å². The summed E-state index contributed by atoms with van der Waals surface area (Å²) in [5.41, 5.74) is 0.619. The molecule has 1 aromatic carbocycles. The minimum Gasteiger partial charge on any atom is -0.356 e. The van der Waals surface area contributed by atoms with Gasteiger partial charge in [-0.2, -0.15) is 0 Å². The molecule has 2 amide bonds. The number of hydrogen-bond acceptors (Lipinski definition) is 5. The number of para-hydroxylation sites is 1. The van der Waals surface area contributed by atoms with Gasteiger partial charge in [0, 0.05) is 38.3 Å². The molecule has 0 radical (unpaired) electrons. The maximum atomic E-state index is 12.7. The Balaban J connectivity index is 1.24. The molecular weight excluding hydrogens is 386 g/mol. The Bertz CT molecular complexity index is 898. The summed E-state index contributed by atoms with van der Waals surface area (Å²) in [5.74, 6) is 0.593. The minimum atomic E-state index is -0.408. The van der Waals surface area contributed by atoms with Gasteiger partial charge in [-0.3, -0.25) is 29.6 Å². The van der Waals surface area contributed by atoms with E-state index < -0.39 is 4.92 Å². The molecule has 2 bridgehead atoms. The van der Waals surface area contributed by atoms with E-state index in [2.05, 4.69) is 27.8 Å². The smallest absolute Gasteiger partial charge is 0.274 e. The summed E-state index contributed by atoms with van der Waals surface area (Å²) in [4.78, 5) is 41.6. The predicted molar refractivity (Wildman–Crippen MR) is 110 cm³/mol. The number of aliphatic imine (C=N–C) groups is 1. The quantitative estimate of drug-likeness (QED) is 0.133. The van der Waals surface area contributed by atoms with Crippen LogP contribution in [0.2, 0.25) is 0 Å². The van der Waals surface area contributed by atoms with Gasteiger partial charge in [-0.25, -0.2) is 0 Å². The van der Waals surface area contributed by atoms with Crippen LogP contribution >= 0.6 is 0 Å². The van der Waals surface area contributed by atoms with Crippen LogP contribution in [0.15, 0.2) is 41.4 Å². The van der Waals surface area contributed by atoms with Crippen molar-refractivity contribution in [2.45, 2.75) is 19.4 Å². The molecule has 3 aliphatic rings. The molecule has 4 rings (SSSR count). The lowest BCUT2D eigenvalue weighted by Crippen LogP contribution is -2.39. The molecule has 158 valence electrons. The zero-order valence-corrected chi connectivity index (χ0v) is 16.8. The van der Waals surface area contributed by atoms with Crippen molar-refractivity contribution >= 4 is 23.5 Å². The van der Waals surface area contributed by atoms with E-state index >= 15 is 0 Å². The molecule has 2 aliphatic carbocycles. The maximum absolute atomic E-state index is 12.7. The highest BCUT2D eigenvalue weighted by Gasteiger charge is 2.58. The molecule has 2 fully saturated rings. The Kier molecular flexibility index (Phi) is 5.52. The molecule has 9 nitrogen and oxygen atoms in total. The first-order valence-electron chi connectivity index (χ1n) is 10.2. The van der Waals surface area contributed by atoms with E-state index in [1.165, 1.54) is 11.0 Å². The molecule has 1 saturated carbocycles. The number of rotatable bonds is 7. The average Bonchev–Trinajstić information content (AvgIpc) is 3.42. The van der Waals surface area contributed by atoms with Crippen molar-refractivity contribution in [2.75, 3.05) is 20.1 Å². The Morgan fingerprint density at radius 3 is 2.47 bits per heavy atom. The Morgan fingerprint density at radius 2 is 1.83 bits per heavy atom. The predicted octanol–water partition coefficient (Wildman–Crippen LogP) is 1.46. The molecule has 4 atom stereocenters. The first-order chi connectivity index (χ1) is 14.5. The molecule has 1 aliphatic heterocycles. The highest BCUT2D eigenvalue weighted by atomic mass is 16.6. The number of nitrogens with one attached hydrogen (secondary N) is 2. The molecule has 1 heterocycles. The van der Waals surface area contributed by atoms with Crippen molar-refractivity contribution in [1.29, 1.82) is 0 Å². The zero-order chi connectivity index (χ0) is 21.3. The second-order valence-corrected chi connectivity index (χ2v) is 7.92. The van der Waals surface area contributed by atoms with Crippen LogP contribution in [0.4, 0.5) is 5.69 Å². The Hall–Kier alpha value is -3.23. The van der Waals surface area contributed by atoms with Gasteiger partial charge in [-0.15, -0.1) is 0 Å². The van der Waals surface area contributed by atoms with Gasteiger partial charge in [0.25, 0.3) is 5.69 Å². The third-order valence-corrected chi connectivity index (χ3v) is 6.27. The van der Waals surface area contributed by atoms with Crippen molar-refractivity contribution in [3.8, 4) is 0 Å². The van der Waals surface area contributed by atoms with Crippen molar-refractivity contribution in [3.05, 3.63) is 52.1 Å². The van der Waals surface area contributed by atoms with Gasteiger partial charge in [-0.1, -0.05) is 30.4 Å².